The van der Waals surface area contributed by atoms with E-state index in [1.165, 1.54) is 0 Å². The average molecular weight is 290 g/mol. The number of hydrogen-bond acceptors (Lipinski definition) is 5. The number of rotatable bonds is 9. The van der Waals surface area contributed by atoms with Crippen molar-refractivity contribution in [1.82, 2.24) is 10.2 Å². The van der Waals surface area contributed by atoms with Gasteiger partial charge in [0.2, 0.25) is 11.8 Å². The van der Waals surface area contributed by atoms with E-state index < -0.39 is 5.97 Å². The Labute approximate surface area is 122 Å². The lowest BCUT2D eigenvalue weighted by Gasteiger charge is -2.02. The molecule has 6 heteroatoms. The molecule has 0 atom stereocenters. The molecular weight excluding hydrogens is 272 g/mol. The van der Waals surface area contributed by atoms with Crippen LogP contribution in [-0.2, 0) is 17.6 Å². The van der Waals surface area contributed by atoms with Crippen molar-refractivity contribution < 1.29 is 19.1 Å². The summed E-state index contributed by atoms with van der Waals surface area (Å²) in [6.07, 6.45) is 2.68. The van der Waals surface area contributed by atoms with Gasteiger partial charge in [0.15, 0.2) is 0 Å². The van der Waals surface area contributed by atoms with Crippen LogP contribution >= 0.6 is 0 Å². The van der Waals surface area contributed by atoms with Crippen molar-refractivity contribution >= 4 is 5.97 Å². The number of carbonyl (C=O) groups is 1. The fourth-order valence-electron chi connectivity index (χ4n) is 1.82. The minimum absolute atomic E-state index is 0.173. The summed E-state index contributed by atoms with van der Waals surface area (Å²) in [6.45, 7) is 0.477. The third-order valence-electron chi connectivity index (χ3n) is 2.87. The van der Waals surface area contributed by atoms with Gasteiger partial charge in [-0.25, -0.2) is 0 Å². The van der Waals surface area contributed by atoms with Crippen LogP contribution in [0.5, 0.6) is 5.75 Å². The number of ether oxygens (including phenoxy) is 1. The van der Waals surface area contributed by atoms with Crippen molar-refractivity contribution in [1.29, 1.82) is 0 Å². The van der Waals surface area contributed by atoms with Crippen LogP contribution in [0.2, 0.25) is 0 Å². The summed E-state index contributed by atoms with van der Waals surface area (Å²) in [4.78, 5) is 10.4. The van der Waals surface area contributed by atoms with E-state index >= 15 is 0 Å². The van der Waals surface area contributed by atoms with E-state index in [-0.39, 0.29) is 6.42 Å². The average Bonchev–Trinajstić information content (AvgIpc) is 2.92. The first-order valence-electron chi connectivity index (χ1n) is 6.95. The van der Waals surface area contributed by atoms with Gasteiger partial charge in [0.05, 0.1) is 13.0 Å². The number of unbranched alkanes of at least 4 members (excludes halogenated alkanes) is 1. The number of aryl methyl sites for hydroxylation is 1. The molecule has 0 spiro atoms. The molecule has 0 fully saturated rings. The van der Waals surface area contributed by atoms with Gasteiger partial charge < -0.3 is 14.3 Å². The Kier molecular flexibility index (Phi) is 5.75. The fraction of sp³-hybridized carbons (Fsp3) is 0.400. The van der Waals surface area contributed by atoms with Crippen LogP contribution in [0.4, 0.5) is 0 Å². The number of para-hydroxylation sites is 1. The molecule has 0 saturated heterocycles. The normalized spacial score (nSPS) is 10.5. The Morgan fingerprint density at radius 3 is 2.52 bits per heavy atom. The Morgan fingerprint density at radius 2 is 1.81 bits per heavy atom. The van der Waals surface area contributed by atoms with Crippen LogP contribution in [0.15, 0.2) is 34.7 Å². The highest BCUT2D eigenvalue weighted by atomic mass is 16.5. The van der Waals surface area contributed by atoms with E-state index in [0.717, 1.165) is 12.2 Å². The van der Waals surface area contributed by atoms with Gasteiger partial charge >= 0.3 is 5.97 Å². The molecule has 0 bridgehead atoms. The number of hydrogen-bond donors (Lipinski definition) is 1. The third-order valence-corrected chi connectivity index (χ3v) is 2.87. The first kappa shape index (κ1) is 15.0. The molecule has 1 N–H and O–H groups in total. The summed E-state index contributed by atoms with van der Waals surface area (Å²) in [5.74, 6) is 1.12. The number of aromatic nitrogens is 2. The van der Waals surface area contributed by atoms with E-state index in [0.29, 0.717) is 37.7 Å². The smallest absolute Gasteiger partial charge is 0.303 e. The van der Waals surface area contributed by atoms with Crippen LogP contribution in [0, 0.1) is 0 Å². The Bertz CT molecular complexity index is 554. The van der Waals surface area contributed by atoms with Crippen LogP contribution < -0.4 is 4.74 Å². The minimum atomic E-state index is -0.778. The molecule has 112 valence electrons. The monoisotopic (exact) mass is 290 g/mol. The molecule has 2 aromatic rings. The second kappa shape index (κ2) is 8.04. The van der Waals surface area contributed by atoms with Gasteiger partial charge in [-0.05, 0) is 25.0 Å². The highest BCUT2D eigenvalue weighted by Crippen LogP contribution is 2.10. The molecule has 6 nitrogen and oxygen atoms in total. The molecule has 0 amide bonds. The molecule has 1 heterocycles. The molecule has 0 aliphatic heterocycles. The van der Waals surface area contributed by atoms with E-state index in [4.69, 9.17) is 14.3 Å². The van der Waals surface area contributed by atoms with Crippen molar-refractivity contribution in [3.63, 3.8) is 0 Å². The quantitative estimate of drug-likeness (QED) is 0.714. The fourth-order valence-corrected chi connectivity index (χ4v) is 1.82. The van der Waals surface area contributed by atoms with E-state index in [2.05, 4.69) is 10.2 Å². The second-order valence-electron chi connectivity index (χ2n) is 4.60. The number of benzene rings is 1. The third kappa shape index (κ3) is 5.64. The lowest BCUT2D eigenvalue weighted by Crippen LogP contribution is -2.01. The molecule has 0 aliphatic rings. The van der Waals surface area contributed by atoms with Gasteiger partial charge in [0.1, 0.15) is 5.75 Å². The first-order chi connectivity index (χ1) is 10.2. The summed E-state index contributed by atoms with van der Waals surface area (Å²) in [7, 11) is 0. The predicted octanol–water partition coefficient (Wildman–Crippen LogP) is 2.49. The Balaban J connectivity index is 1.67. The standard InChI is InChI=1S/C15H18N2O4/c18-15(19)9-5-4-8-13-16-17-14(21-13)10-11-20-12-6-2-1-3-7-12/h1-3,6-7H,4-5,8-11H2,(H,18,19). The number of aliphatic carboxylic acids is 1. The largest absolute Gasteiger partial charge is 0.493 e. The molecule has 0 aliphatic carbocycles. The Morgan fingerprint density at radius 1 is 1.10 bits per heavy atom. The zero-order valence-electron chi connectivity index (χ0n) is 11.7. The van der Waals surface area contributed by atoms with Crippen LogP contribution in [0.1, 0.15) is 31.0 Å². The lowest BCUT2D eigenvalue weighted by molar-refractivity contribution is -0.137. The van der Waals surface area contributed by atoms with Crippen molar-refractivity contribution in [2.24, 2.45) is 0 Å². The highest BCUT2D eigenvalue weighted by Gasteiger charge is 2.06. The van der Waals surface area contributed by atoms with Gasteiger partial charge in [0.25, 0.3) is 0 Å². The summed E-state index contributed by atoms with van der Waals surface area (Å²) in [6, 6.07) is 9.54. The number of carboxylic acids is 1. The summed E-state index contributed by atoms with van der Waals surface area (Å²) in [5, 5.41) is 16.4. The number of carboxylic acid groups (broad SMARTS) is 1. The van der Waals surface area contributed by atoms with E-state index in [1.807, 2.05) is 30.3 Å². The van der Waals surface area contributed by atoms with Gasteiger partial charge in [-0.2, -0.15) is 0 Å². The number of nitrogens with zero attached hydrogens (tertiary/aromatic N) is 2. The maximum atomic E-state index is 10.4. The molecule has 0 unspecified atom stereocenters. The molecule has 0 radical (unpaired) electrons. The SMILES string of the molecule is O=C(O)CCCCc1nnc(CCOc2ccccc2)o1. The molecule has 0 saturated carbocycles. The highest BCUT2D eigenvalue weighted by molar-refractivity contribution is 5.66. The molecule has 1 aromatic carbocycles. The second-order valence-corrected chi connectivity index (χ2v) is 4.60. The summed E-state index contributed by atoms with van der Waals surface area (Å²) >= 11 is 0. The molecule has 2 rings (SSSR count). The maximum Gasteiger partial charge on any atom is 0.303 e. The topological polar surface area (TPSA) is 85.5 Å². The zero-order chi connectivity index (χ0) is 14.9. The van der Waals surface area contributed by atoms with Crippen LogP contribution in [0.25, 0.3) is 0 Å². The predicted molar refractivity (Wildman–Crippen MR) is 75.1 cm³/mol. The molecule has 1 aromatic heterocycles. The van der Waals surface area contributed by atoms with Crippen molar-refractivity contribution in [3.05, 3.63) is 42.1 Å². The minimum Gasteiger partial charge on any atom is -0.493 e. The lowest BCUT2D eigenvalue weighted by atomic mass is 10.2. The molecular formula is C15H18N2O4. The van der Waals surface area contributed by atoms with Gasteiger partial charge in [-0.15, -0.1) is 10.2 Å². The first-order valence-corrected chi connectivity index (χ1v) is 6.95. The van der Waals surface area contributed by atoms with Crippen molar-refractivity contribution in [3.8, 4) is 5.75 Å². The summed E-state index contributed by atoms with van der Waals surface area (Å²) < 4.78 is 11.0. The van der Waals surface area contributed by atoms with E-state index in [1.54, 1.807) is 0 Å². The van der Waals surface area contributed by atoms with Gasteiger partial charge in [-0.1, -0.05) is 18.2 Å². The van der Waals surface area contributed by atoms with Crippen molar-refractivity contribution in [2.45, 2.75) is 32.1 Å². The van der Waals surface area contributed by atoms with Crippen molar-refractivity contribution in [2.75, 3.05) is 6.61 Å². The maximum absolute atomic E-state index is 10.4. The van der Waals surface area contributed by atoms with Gasteiger partial charge in [0, 0.05) is 12.8 Å². The van der Waals surface area contributed by atoms with Crippen LogP contribution in [0.3, 0.4) is 0 Å². The van der Waals surface area contributed by atoms with E-state index in [9.17, 15) is 4.79 Å². The Hall–Kier alpha value is -2.37. The summed E-state index contributed by atoms with van der Waals surface area (Å²) in [5.41, 5.74) is 0. The van der Waals surface area contributed by atoms with Crippen LogP contribution in [-0.4, -0.2) is 27.9 Å². The van der Waals surface area contributed by atoms with Gasteiger partial charge in [-0.3, -0.25) is 4.79 Å². The molecule has 21 heavy (non-hydrogen) atoms. The zero-order valence-corrected chi connectivity index (χ0v) is 11.7.